The molecule has 0 spiro atoms. The highest BCUT2D eigenvalue weighted by molar-refractivity contribution is 5.55. The summed E-state index contributed by atoms with van der Waals surface area (Å²) >= 11 is 0. The molecule has 1 saturated carbocycles. The summed E-state index contributed by atoms with van der Waals surface area (Å²) in [6.45, 7) is 2.66. The fraction of sp³-hybridized carbons (Fsp3) is 0.524. The van der Waals surface area contributed by atoms with E-state index in [1.54, 1.807) is 6.07 Å². The van der Waals surface area contributed by atoms with E-state index in [9.17, 15) is 4.79 Å². The standard InChI is InChI=1S/C21H27N3O2/c1-24(18-9-11-26-12-10-18)14-15-5-7-17(8-6-15)21-22-19(13-20(25)23-21)16-3-2-4-16/h5-8,13,16,18H,2-4,9-12,14H2,1H3,(H,22,23,25). The van der Waals surface area contributed by atoms with E-state index in [0.717, 1.165) is 56.7 Å². The molecule has 1 aliphatic heterocycles. The van der Waals surface area contributed by atoms with E-state index in [2.05, 4.69) is 41.2 Å². The van der Waals surface area contributed by atoms with Gasteiger partial charge in [-0.1, -0.05) is 30.7 Å². The van der Waals surface area contributed by atoms with Gasteiger partial charge in [-0.2, -0.15) is 0 Å². The number of nitrogens with zero attached hydrogens (tertiary/aromatic N) is 2. The highest BCUT2D eigenvalue weighted by Crippen LogP contribution is 2.35. The topological polar surface area (TPSA) is 58.2 Å². The third kappa shape index (κ3) is 3.89. The van der Waals surface area contributed by atoms with E-state index in [0.29, 0.717) is 17.8 Å². The minimum absolute atomic E-state index is 0.0553. The van der Waals surface area contributed by atoms with Gasteiger partial charge in [-0.3, -0.25) is 9.69 Å². The summed E-state index contributed by atoms with van der Waals surface area (Å²) in [7, 11) is 2.19. The zero-order valence-corrected chi connectivity index (χ0v) is 15.4. The lowest BCUT2D eigenvalue weighted by atomic mass is 9.83. The van der Waals surface area contributed by atoms with E-state index < -0.39 is 0 Å². The minimum atomic E-state index is -0.0553. The number of aromatic amines is 1. The first-order valence-electron chi connectivity index (χ1n) is 9.67. The molecule has 0 unspecified atom stereocenters. The van der Waals surface area contributed by atoms with Gasteiger partial charge in [0, 0.05) is 43.3 Å². The van der Waals surface area contributed by atoms with Crippen LogP contribution >= 0.6 is 0 Å². The highest BCUT2D eigenvalue weighted by Gasteiger charge is 2.22. The van der Waals surface area contributed by atoms with Gasteiger partial charge in [-0.05, 0) is 38.3 Å². The second-order valence-electron chi connectivity index (χ2n) is 7.60. The van der Waals surface area contributed by atoms with Crippen LogP contribution in [-0.4, -0.2) is 41.2 Å². The van der Waals surface area contributed by atoms with E-state index >= 15 is 0 Å². The maximum absolute atomic E-state index is 12.0. The van der Waals surface area contributed by atoms with Crippen LogP contribution in [-0.2, 0) is 11.3 Å². The van der Waals surface area contributed by atoms with Crippen molar-refractivity contribution in [3.63, 3.8) is 0 Å². The lowest BCUT2D eigenvalue weighted by molar-refractivity contribution is 0.0407. The van der Waals surface area contributed by atoms with Crippen molar-refractivity contribution >= 4 is 0 Å². The van der Waals surface area contributed by atoms with Crippen LogP contribution in [0.1, 0.15) is 49.3 Å². The molecule has 2 heterocycles. The Balaban J connectivity index is 1.47. The predicted octanol–water partition coefficient (Wildman–Crippen LogP) is 3.32. The summed E-state index contributed by atoms with van der Waals surface area (Å²) in [5, 5.41) is 0. The number of ether oxygens (including phenoxy) is 1. The Morgan fingerprint density at radius 2 is 1.88 bits per heavy atom. The van der Waals surface area contributed by atoms with Crippen LogP contribution < -0.4 is 5.56 Å². The van der Waals surface area contributed by atoms with Gasteiger partial charge in [0.15, 0.2) is 0 Å². The maximum Gasteiger partial charge on any atom is 0.251 e. The average molecular weight is 353 g/mol. The second-order valence-corrected chi connectivity index (χ2v) is 7.60. The van der Waals surface area contributed by atoms with E-state index in [1.807, 2.05) is 0 Å². The van der Waals surface area contributed by atoms with Crippen LogP contribution in [0.3, 0.4) is 0 Å². The van der Waals surface area contributed by atoms with E-state index in [1.165, 1.54) is 12.0 Å². The molecule has 1 aromatic carbocycles. The number of H-pyrrole nitrogens is 1. The van der Waals surface area contributed by atoms with Crippen molar-refractivity contribution < 1.29 is 4.74 Å². The van der Waals surface area contributed by atoms with Crippen LogP contribution in [0.25, 0.3) is 11.4 Å². The Morgan fingerprint density at radius 3 is 2.54 bits per heavy atom. The first-order valence-corrected chi connectivity index (χ1v) is 9.67. The lowest BCUT2D eigenvalue weighted by Crippen LogP contribution is -2.36. The molecule has 138 valence electrons. The molecule has 0 bridgehead atoms. The number of aromatic nitrogens is 2. The molecule has 2 aliphatic rings. The molecule has 0 atom stereocenters. The normalized spacial score (nSPS) is 18.8. The third-order valence-electron chi connectivity index (χ3n) is 5.76. The first kappa shape index (κ1) is 17.4. The summed E-state index contributed by atoms with van der Waals surface area (Å²) in [6, 6.07) is 10.7. The van der Waals surface area contributed by atoms with Gasteiger partial charge in [-0.25, -0.2) is 4.98 Å². The number of rotatable bonds is 5. The van der Waals surface area contributed by atoms with Crippen molar-refractivity contribution in [3.8, 4) is 11.4 Å². The monoisotopic (exact) mass is 353 g/mol. The van der Waals surface area contributed by atoms with Crippen molar-refractivity contribution in [2.45, 2.75) is 50.6 Å². The molecule has 4 rings (SSSR count). The molecule has 1 aromatic heterocycles. The summed E-state index contributed by atoms with van der Waals surface area (Å²) < 4.78 is 5.45. The van der Waals surface area contributed by atoms with Crippen molar-refractivity contribution in [1.82, 2.24) is 14.9 Å². The van der Waals surface area contributed by atoms with Gasteiger partial charge in [0.1, 0.15) is 5.82 Å². The van der Waals surface area contributed by atoms with E-state index in [4.69, 9.17) is 9.72 Å². The SMILES string of the molecule is CN(Cc1ccc(-c2nc(C3CCC3)cc(=O)[nH]2)cc1)C1CCOCC1. The number of hydrogen-bond donors (Lipinski definition) is 1. The van der Waals surface area contributed by atoms with Gasteiger partial charge in [0.2, 0.25) is 0 Å². The van der Waals surface area contributed by atoms with Gasteiger partial charge in [0.25, 0.3) is 5.56 Å². The molecule has 2 aromatic rings. The lowest BCUT2D eigenvalue weighted by Gasteiger charge is -2.31. The Bertz CT molecular complexity index is 790. The summed E-state index contributed by atoms with van der Waals surface area (Å²) in [4.78, 5) is 22.0. The van der Waals surface area contributed by atoms with Crippen LogP contribution in [0, 0.1) is 0 Å². The van der Waals surface area contributed by atoms with Crippen molar-refractivity contribution in [2.24, 2.45) is 0 Å². The van der Waals surface area contributed by atoms with Gasteiger partial charge >= 0.3 is 0 Å². The van der Waals surface area contributed by atoms with Crippen LogP contribution in [0.15, 0.2) is 35.1 Å². The molecular weight excluding hydrogens is 326 g/mol. The third-order valence-corrected chi connectivity index (χ3v) is 5.76. The van der Waals surface area contributed by atoms with Crippen LogP contribution in [0.2, 0.25) is 0 Å². The first-order chi connectivity index (χ1) is 12.7. The number of benzene rings is 1. The Hall–Kier alpha value is -1.98. The molecule has 1 aliphatic carbocycles. The maximum atomic E-state index is 12.0. The quantitative estimate of drug-likeness (QED) is 0.896. The van der Waals surface area contributed by atoms with Gasteiger partial charge in [0.05, 0.1) is 5.69 Å². The largest absolute Gasteiger partial charge is 0.381 e. The summed E-state index contributed by atoms with van der Waals surface area (Å²) in [6.07, 6.45) is 5.74. The van der Waals surface area contributed by atoms with Gasteiger partial charge in [-0.15, -0.1) is 0 Å². The summed E-state index contributed by atoms with van der Waals surface area (Å²) in [5.74, 6) is 1.15. The second kappa shape index (κ2) is 7.72. The zero-order chi connectivity index (χ0) is 17.9. The summed E-state index contributed by atoms with van der Waals surface area (Å²) in [5.41, 5.74) is 3.14. The fourth-order valence-corrected chi connectivity index (χ4v) is 3.84. The van der Waals surface area contributed by atoms with Gasteiger partial charge < -0.3 is 9.72 Å². The molecule has 5 heteroatoms. The zero-order valence-electron chi connectivity index (χ0n) is 15.4. The highest BCUT2D eigenvalue weighted by atomic mass is 16.5. The molecule has 2 fully saturated rings. The fourth-order valence-electron chi connectivity index (χ4n) is 3.84. The molecule has 1 N–H and O–H groups in total. The molecule has 5 nitrogen and oxygen atoms in total. The molecular formula is C21H27N3O2. The Kier molecular flexibility index (Phi) is 5.18. The molecule has 1 saturated heterocycles. The predicted molar refractivity (Wildman–Crippen MR) is 102 cm³/mol. The number of hydrogen-bond acceptors (Lipinski definition) is 4. The van der Waals surface area contributed by atoms with Crippen LogP contribution in [0.5, 0.6) is 0 Å². The minimum Gasteiger partial charge on any atom is -0.381 e. The average Bonchev–Trinajstić information content (AvgIpc) is 2.61. The number of nitrogens with one attached hydrogen (secondary N) is 1. The van der Waals surface area contributed by atoms with Crippen LogP contribution in [0.4, 0.5) is 0 Å². The van der Waals surface area contributed by atoms with Crippen molar-refractivity contribution in [1.29, 1.82) is 0 Å². The van der Waals surface area contributed by atoms with Crippen molar-refractivity contribution in [2.75, 3.05) is 20.3 Å². The molecule has 0 amide bonds. The molecule has 26 heavy (non-hydrogen) atoms. The smallest absolute Gasteiger partial charge is 0.251 e. The Labute approximate surface area is 154 Å². The molecule has 0 radical (unpaired) electrons. The van der Waals surface area contributed by atoms with Crippen molar-refractivity contribution in [3.05, 3.63) is 51.9 Å². The Morgan fingerprint density at radius 1 is 1.15 bits per heavy atom. The van der Waals surface area contributed by atoms with E-state index in [-0.39, 0.29) is 5.56 Å².